The molecule has 0 aliphatic heterocycles. The topological polar surface area (TPSA) is 0 Å². The van der Waals surface area contributed by atoms with Gasteiger partial charge in [0.15, 0.2) is 0 Å². The van der Waals surface area contributed by atoms with E-state index >= 15 is 0 Å². The largest absolute Gasteiger partial charge is 0.0599 e. The average molecular weight is 250 g/mol. The maximum absolute atomic E-state index is 4.11. The van der Waals surface area contributed by atoms with Crippen LogP contribution in [-0.2, 0) is 0 Å². The van der Waals surface area contributed by atoms with Crippen LogP contribution in [0.2, 0.25) is 0 Å². The van der Waals surface area contributed by atoms with Crippen molar-refractivity contribution >= 4 is 0 Å². The van der Waals surface area contributed by atoms with Gasteiger partial charge >= 0.3 is 0 Å². The van der Waals surface area contributed by atoms with Gasteiger partial charge in [-0.2, -0.15) is 0 Å². The molecule has 106 valence electrons. The number of hydrogen-bond donors (Lipinski definition) is 0. The summed E-state index contributed by atoms with van der Waals surface area (Å²) in [6.45, 7) is 18.6. The molecule has 1 aliphatic rings. The monoisotopic (exact) mass is 250 g/mol. The lowest BCUT2D eigenvalue weighted by Gasteiger charge is -2.47. The van der Waals surface area contributed by atoms with Gasteiger partial charge in [0.25, 0.3) is 0 Å². The van der Waals surface area contributed by atoms with Crippen molar-refractivity contribution in [1.82, 2.24) is 0 Å². The van der Waals surface area contributed by atoms with E-state index in [-0.39, 0.29) is 0 Å². The minimum absolute atomic E-state index is 0.397. The van der Waals surface area contributed by atoms with Crippen LogP contribution in [0.5, 0.6) is 0 Å². The van der Waals surface area contributed by atoms with E-state index in [4.69, 9.17) is 0 Å². The first-order valence-corrected chi connectivity index (χ1v) is 7.82. The molecular formula is C18H34. The van der Waals surface area contributed by atoms with Crippen molar-refractivity contribution < 1.29 is 0 Å². The van der Waals surface area contributed by atoms with Crippen LogP contribution < -0.4 is 0 Å². The lowest BCUT2D eigenvalue weighted by molar-refractivity contribution is 0.124. The van der Waals surface area contributed by atoms with Gasteiger partial charge in [0.2, 0.25) is 0 Å². The lowest BCUT2D eigenvalue weighted by Crippen LogP contribution is -2.38. The Hall–Kier alpha value is 0. The van der Waals surface area contributed by atoms with Gasteiger partial charge in [0.05, 0.1) is 0 Å². The molecule has 1 rings (SSSR count). The minimum atomic E-state index is 0.397. The highest BCUT2D eigenvalue weighted by Gasteiger charge is 2.42. The van der Waals surface area contributed by atoms with E-state index in [2.05, 4.69) is 48.5 Å². The van der Waals surface area contributed by atoms with Gasteiger partial charge < -0.3 is 0 Å². The second-order valence-electron chi connectivity index (χ2n) is 8.30. The first-order chi connectivity index (χ1) is 8.18. The van der Waals surface area contributed by atoms with Crippen LogP contribution >= 0.6 is 0 Å². The van der Waals surface area contributed by atoms with E-state index in [9.17, 15) is 0 Å². The Morgan fingerprint density at radius 1 is 1.11 bits per heavy atom. The predicted octanol–water partition coefficient (Wildman–Crippen LogP) is 6.07. The van der Waals surface area contributed by atoms with E-state index in [1.807, 2.05) is 5.92 Å². The van der Waals surface area contributed by atoms with Gasteiger partial charge in [-0.3, -0.25) is 0 Å². The summed E-state index contributed by atoms with van der Waals surface area (Å²) >= 11 is 0. The highest BCUT2D eigenvalue weighted by molar-refractivity contribution is 5.10. The maximum atomic E-state index is 4.11. The van der Waals surface area contributed by atoms with Crippen molar-refractivity contribution in [3.8, 4) is 0 Å². The zero-order valence-corrected chi connectivity index (χ0v) is 13.6. The minimum Gasteiger partial charge on any atom is -0.0599 e. The molecule has 2 atom stereocenters. The molecule has 0 N–H and O–H groups in total. The summed E-state index contributed by atoms with van der Waals surface area (Å²) in [5.74, 6) is 3.45. The van der Waals surface area contributed by atoms with Crippen molar-refractivity contribution in [2.45, 2.75) is 80.1 Å². The molecule has 1 saturated carbocycles. The predicted molar refractivity (Wildman–Crippen MR) is 82.2 cm³/mol. The molecule has 2 unspecified atom stereocenters. The van der Waals surface area contributed by atoms with E-state index in [1.54, 1.807) is 0 Å². The Kier molecular flexibility index (Phi) is 5.32. The molecule has 0 saturated heterocycles. The Morgan fingerprint density at radius 3 is 2.17 bits per heavy atom. The van der Waals surface area contributed by atoms with E-state index < -0.39 is 0 Å². The number of hydrogen-bond acceptors (Lipinski definition) is 0. The second-order valence-corrected chi connectivity index (χ2v) is 8.30. The van der Waals surface area contributed by atoms with Crippen LogP contribution in [0.15, 0.2) is 0 Å². The van der Waals surface area contributed by atoms with Crippen molar-refractivity contribution in [2.24, 2.45) is 22.7 Å². The van der Waals surface area contributed by atoms with Gasteiger partial charge in [-0.1, -0.05) is 67.7 Å². The van der Waals surface area contributed by atoms with Crippen molar-refractivity contribution in [3.63, 3.8) is 0 Å². The van der Waals surface area contributed by atoms with E-state index in [0.29, 0.717) is 10.8 Å². The van der Waals surface area contributed by atoms with Crippen LogP contribution in [0, 0.1) is 35.5 Å². The average Bonchev–Trinajstić information content (AvgIpc) is 2.23. The highest BCUT2D eigenvalue weighted by Crippen LogP contribution is 2.51. The summed E-state index contributed by atoms with van der Waals surface area (Å²) < 4.78 is 0. The molecule has 0 heteroatoms. The zero-order chi connectivity index (χ0) is 14.0. The first kappa shape index (κ1) is 16.1. The molecule has 0 spiro atoms. The van der Waals surface area contributed by atoms with Crippen molar-refractivity contribution in [1.29, 1.82) is 0 Å². The van der Waals surface area contributed by atoms with Crippen LogP contribution in [0.1, 0.15) is 80.1 Å². The molecular weight excluding hydrogens is 216 g/mol. The molecule has 0 nitrogen and oxygen atoms in total. The molecule has 0 amide bonds. The third-order valence-corrected chi connectivity index (χ3v) is 4.69. The Morgan fingerprint density at radius 2 is 1.72 bits per heavy atom. The van der Waals surface area contributed by atoms with Crippen molar-refractivity contribution in [2.75, 3.05) is 0 Å². The molecule has 0 bridgehead atoms. The second kappa shape index (κ2) is 5.97. The Labute approximate surface area is 116 Å². The summed E-state index contributed by atoms with van der Waals surface area (Å²) in [6, 6.07) is 0. The third-order valence-electron chi connectivity index (χ3n) is 4.69. The van der Waals surface area contributed by atoms with Gasteiger partial charge in [0.1, 0.15) is 0 Å². The van der Waals surface area contributed by atoms with E-state index in [0.717, 1.165) is 18.3 Å². The Balaban J connectivity index is 2.92. The first-order valence-electron chi connectivity index (χ1n) is 7.82. The molecule has 0 aromatic heterocycles. The van der Waals surface area contributed by atoms with Gasteiger partial charge in [-0.15, -0.1) is 0 Å². The summed E-state index contributed by atoms with van der Waals surface area (Å²) in [7, 11) is 0. The van der Waals surface area contributed by atoms with Crippen LogP contribution in [-0.4, -0.2) is 0 Å². The molecule has 2 radical (unpaired) electrons. The fourth-order valence-corrected chi connectivity index (χ4v) is 3.82. The fraction of sp³-hybridized carbons (Fsp3) is 0.889. The zero-order valence-electron chi connectivity index (χ0n) is 13.6. The van der Waals surface area contributed by atoms with Gasteiger partial charge in [-0.05, 0) is 47.8 Å². The lowest BCUT2D eigenvalue weighted by atomic mass is 9.57. The normalized spacial score (nSPS) is 25.2. The standard InChI is InChI=1S/C18H34/c1-8-11-15(17(2,3)4)14-12-9-10-13-16(14)18(5,6)7/h15-16H,1,8-13H2,2-7H3. The molecule has 0 heterocycles. The summed E-state index contributed by atoms with van der Waals surface area (Å²) in [6.07, 6.45) is 7.94. The quantitative estimate of drug-likeness (QED) is 0.570. The molecule has 18 heavy (non-hydrogen) atoms. The molecule has 0 aromatic rings. The van der Waals surface area contributed by atoms with Crippen LogP contribution in [0.25, 0.3) is 0 Å². The molecule has 1 aliphatic carbocycles. The summed E-state index contributed by atoms with van der Waals surface area (Å²) in [4.78, 5) is 0. The number of rotatable bonds is 3. The van der Waals surface area contributed by atoms with Gasteiger partial charge in [-0.25, -0.2) is 0 Å². The summed E-state index contributed by atoms with van der Waals surface area (Å²) in [5, 5.41) is 0. The highest BCUT2D eigenvalue weighted by atomic mass is 14.5. The maximum Gasteiger partial charge on any atom is -0.0169 e. The van der Waals surface area contributed by atoms with Crippen LogP contribution in [0.3, 0.4) is 0 Å². The molecule has 1 fully saturated rings. The van der Waals surface area contributed by atoms with Gasteiger partial charge in [0, 0.05) is 0 Å². The Bertz CT molecular complexity index is 238. The fourth-order valence-electron chi connectivity index (χ4n) is 3.82. The smallest absolute Gasteiger partial charge is 0.0169 e. The molecule has 0 aromatic carbocycles. The summed E-state index contributed by atoms with van der Waals surface area (Å²) in [5.41, 5.74) is 0.828. The van der Waals surface area contributed by atoms with Crippen molar-refractivity contribution in [3.05, 3.63) is 12.8 Å². The third kappa shape index (κ3) is 4.00. The van der Waals surface area contributed by atoms with E-state index in [1.165, 1.54) is 32.1 Å². The SMILES string of the molecule is [CH2]CCC([C]1CCCCC1C(C)(C)C)C(C)(C)C. The van der Waals surface area contributed by atoms with Crippen LogP contribution in [0.4, 0.5) is 0 Å².